The van der Waals surface area contributed by atoms with E-state index in [0.29, 0.717) is 44.0 Å². The van der Waals surface area contributed by atoms with Crippen molar-refractivity contribution in [3.05, 3.63) is 53.6 Å². The first-order valence-corrected chi connectivity index (χ1v) is 12.8. The molecule has 2 aromatic carbocycles. The van der Waals surface area contributed by atoms with Crippen LogP contribution in [0.25, 0.3) is 0 Å². The Hall–Kier alpha value is -3.55. The topological polar surface area (TPSA) is 85.0 Å². The second-order valence-electron chi connectivity index (χ2n) is 9.48. The number of rotatable bonds is 7. The molecule has 0 aliphatic carbocycles. The van der Waals surface area contributed by atoms with Gasteiger partial charge in [0.25, 0.3) is 5.91 Å². The summed E-state index contributed by atoms with van der Waals surface area (Å²) in [5.74, 6) is -0.308. The molecule has 0 radical (unpaired) electrons. The SMILES string of the molecule is CCN(CC)C(=O)c1cc(NC(=O)C(C)C)ccc1N1CCCN(C(=O)Nc2cccc(C)c2)CC1. The van der Waals surface area contributed by atoms with E-state index in [2.05, 4.69) is 15.5 Å². The highest BCUT2D eigenvalue weighted by Crippen LogP contribution is 2.27. The van der Waals surface area contributed by atoms with Gasteiger partial charge in [-0.3, -0.25) is 9.59 Å². The average Bonchev–Trinajstić information content (AvgIpc) is 3.11. The van der Waals surface area contributed by atoms with Gasteiger partial charge in [-0.05, 0) is 63.1 Å². The van der Waals surface area contributed by atoms with E-state index in [1.807, 2.05) is 75.9 Å². The van der Waals surface area contributed by atoms with E-state index < -0.39 is 0 Å². The summed E-state index contributed by atoms with van der Waals surface area (Å²) in [4.78, 5) is 44.4. The van der Waals surface area contributed by atoms with Crippen molar-refractivity contribution in [3.8, 4) is 0 Å². The third kappa shape index (κ3) is 6.77. The van der Waals surface area contributed by atoms with Crippen molar-refractivity contribution in [2.45, 2.75) is 41.0 Å². The van der Waals surface area contributed by atoms with Gasteiger partial charge in [0.2, 0.25) is 5.91 Å². The van der Waals surface area contributed by atoms with E-state index in [9.17, 15) is 14.4 Å². The third-order valence-electron chi connectivity index (χ3n) is 6.46. The molecule has 1 aliphatic rings. The molecular weight excluding hydrogens is 454 g/mol. The van der Waals surface area contributed by atoms with Gasteiger partial charge in [0.1, 0.15) is 0 Å². The molecule has 1 fully saturated rings. The minimum absolute atomic E-state index is 0.0612. The molecule has 2 aromatic rings. The summed E-state index contributed by atoms with van der Waals surface area (Å²) in [6.45, 7) is 13.3. The number of nitrogens with one attached hydrogen (secondary N) is 2. The van der Waals surface area contributed by atoms with Crippen LogP contribution in [0.15, 0.2) is 42.5 Å². The largest absolute Gasteiger partial charge is 0.369 e. The number of urea groups is 1. The summed E-state index contributed by atoms with van der Waals surface area (Å²) in [5.41, 5.74) is 3.88. The smallest absolute Gasteiger partial charge is 0.321 e. The molecule has 8 nitrogen and oxygen atoms in total. The number of benzene rings is 2. The molecule has 0 bridgehead atoms. The van der Waals surface area contributed by atoms with Crippen LogP contribution >= 0.6 is 0 Å². The Morgan fingerprint density at radius 3 is 2.31 bits per heavy atom. The summed E-state index contributed by atoms with van der Waals surface area (Å²) in [6.07, 6.45) is 0.784. The first-order chi connectivity index (χ1) is 17.2. The van der Waals surface area contributed by atoms with Crippen LogP contribution in [0, 0.1) is 12.8 Å². The molecule has 2 N–H and O–H groups in total. The molecule has 8 heteroatoms. The highest BCUT2D eigenvalue weighted by atomic mass is 16.2. The number of carbonyl (C=O) groups is 3. The van der Waals surface area contributed by atoms with Crippen molar-refractivity contribution in [1.29, 1.82) is 0 Å². The fourth-order valence-electron chi connectivity index (χ4n) is 4.32. The number of amides is 4. The van der Waals surface area contributed by atoms with Gasteiger partial charge in [0.15, 0.2) is 0 Å². The fraction of sp³-hybridized carbons (Fsp3) is 0.464. The minimum atomic E-state index is -0.158. The Balaban J connectivity index is 1.80. The van der Waals surface area contributed by atoms with Crippen LogP contribution in [0.1, 0.15) is 50.0 Å². The van der Waals surface area contributed by atoms with Crippen molar-refractivity contribution in [3.63, 3.8) is 0 Å². The van der Waals surface area contributed by atoms with E-state index in [0.717, 1.165) is 29.9 Å². The van der Waals surface area contributed by atoms with Crippen LogP contribution in [-0.4, -0.2) is 66.9 Å². The number of nitrogens with zero attached hydrogens (tertiary/aromatic N) is 3. The van der Waals surface area contributed by atoms with Crippen molar-refractivity contribution in [2.75, 3.05) is 54.8 Å². The molecule has 1 aliphatic heterocycles. The maximum Gasteiger partial charge on any atom is 0.321 e. The number of anilines is 3. The lowest BCUT2D eigenvalue weighted by molar-refractivity contribution is -0.118. The van der Waals surface area contributed by atoms with Gasteiger partial charge in [-0.2, -0.15) is 0 Å². The fourth-order valence-corrected chi connectivity index (χ4v) is 4.32. The first kappa shape index (κ1) is 27.0. The Morgan fingerprint density at radius 1 is 0.917 bits per heavy atom. The van der Waals surface area contributed by atoms with Crippen LogP contribution in [0.5, 0.6) is 0 Å². The summed E-state index contributed by atoms with van der Waals surface area (Å²) in [7, 11) is 0. The van der Waals surface area contributed by atoms with Crippen molar-refractivity contribution in [1.82, 2.24) is 9.80 Å². The summed E-state index contributed by atoms with van der Waals surface area (Å²) in [5, 5.41) is 5.91. The number of hydrogen-bond donors (Lipinski definition) is 2. The molecule has 36 heavy (non-hydrogen) atoms. The lowest BCUT2D eigenvalue weighted by atomic mass is 10.1. The Kier molecular flexibility index (Phi) is 9.33. The van der Waals surface area contributed by atoms with Crippen LogP contribution < -0.4 is 15.5 Å². The van der Waals surface area contributed by atoms with Gasteiger partial charge in [0, 0.05) is 62.2 Å². The minimum Gasteiger partial charge on any atom is -0.369 e. The quantitative estimate of drug-likeness (QED) is 0.579. The molecule has 1 heterocycles. The summed E-state index contributed by atoms with van der Waals surface area (Å²) in [6, 6.07) is 13.2. The van der Waals surface area contributed by atoms with Crippen molar-refractivity contribution < 1.29 is 14.4 Å². The van der Waals surface area contributed by atoms with E-state index in [1.165, 1.54) is 0 Å². The van der Waals surface area contributed by atoms with Gasteiger partial charge >= 0.3 is 6.03 Å². The molecule has 0 atom stereocenters. The van der Waals surface area contributed by atoms with Gasteiger partial charge < -0.3 is 25.3 Å². The molecule has 194 valence electrons. The second kappa shape index (κ2) is 12.4. The molecule has 4 amide bonds. The van der Waals surface area contributed by atoms with Crippen LogP contribution in [0.3, 0.4) is 0 Å². The lowest BCUT2D eigenvalue weighted by Gasteiger charge is -2.28. The molecule has 0 spiro atoms. The third-order valence-corrected chi connectivity index (χ3v) is 6.46. The van der Waals surface area contributed by atoms with Gasteiger partial charge in [-0.1, -0.05) is 26.0 Å². The Bertz CT molecular complexity index is 1080. The van der Waals surface area contributed by atoms with Crippen molar-refractivity contribution >= 4 is 34.9 Å². The molecule has 0 aromatic heterocycles. The van der Waals surface area contributed by atoms with Crippen LogP contribution in [0.2, 0.25) is 0 Å². The first-order valence-electron chi connectivity index (χ1n) is 12.8. The van der Waals surface area contributed by atoms with Crippen LogP contribution in [0.4, 0.5) is 21.9 Å². The van der Waals surface area contributed by atoms with E-state index in [4.69, 9.17) is 0 Å². The zero-order valence-electron chi connectivity index (χ0n) is 22.1. The van der Waals surface area contributed by atoms with E-state index in [1.54, 1.807) is 11.0 Å². The Morgan fingerprint density at radius 2 is 1.64 bits per heavy atom. The van der Waals surface area contributed by atoms with Crippen LogP contribution in [-0.2, 0) is 4.79 Å². The van der Waals surface area contributed by atoms with Gasteiger partial charge in [-0.25, -0.2) is 4.79 Å². The zero-order valence-corrected chi connectivity index (χ0v) is 22.1. The molecular formula is C28H39N5O3. The predicted octanol–water partition coefficient (Wildman–Crippen LogP) is 4.82. The molecule has 0 unspecified atom stereocenters. The van der Waals surface area contributed by atoms with E-state index in [-0.39, 0.29) is 23.8 Å². The van der Waals surface area contributed by atoms with Gasteiger partial charge in [-0.15, -0.1) is 0 Å². The zero-order chi connectivity index (χ0) is 26.2. The summed E-state index contributed by atoms with van der Waals surface area (Å²) >= 11 is 0. The number of aryl methyl sites for hydroxylation is 1. The Labute approximate surface area is 214 Å². The lowest BCUT2D eigenvalue weighted by Crippen LogP contribution is -2.38. The highest BCUT2D eigenvalue weighted by Gasteiger charge is 2.25. The molecule has 1 saturated heterocycles. The standard InChI is InChI=1S/C28H39N5O3/c1-6-31(7-2)27(35)24-19-23(29-26(34)20(3)4)12-13-25(24)32-14-9-15-33(17-16-32)28(36)30-22-11-8-10-21(5)18-22/h8,10-13,18-20H,6-7,9,14-17H2,1-5H3,(H,29,34)(H,30,36). The molecule has 3 rings (SSSR count). The highest BCUT2D eigenvalue weighted by molar-refractivity contribution is 6.02. The molecule has 0 saturated carbocycles. The van der Waals surface area contributed by atoms with Gasteiger partial charge in [0.05, 0.1) is 5.56 Å². The predicted molar refractivity (Wildman–Crippen MR) is 146 cm³/mol. The monoisotopic (exact) mass is 493 g/mol. The number of carbonyl (C=O) groups excluding carboxylic acids is 3. The van der Waals surface area contributed by atoms with Crippen molar-refractivity contribution in [2.24, 2.45) is 5.92 Å². The maximum absolute atomic E-state index is 13.4. The summed E-state index contributed by atoms with van der Waals surface area (Å²) < 4.78 is 0. The number of hydrogen-bond acceptors (Lipinski definition) is 4. The average molecular weight is 494 g/mol. The second-order valence-corrected chi connectivity index (χ2v) is 9.48. The van der Waals surface area contributed by atoms with E-state index >= 15 is 0 Å². The normalized spacial score (nSPS) is 13.8. The maximum atomic E-state index is 13.4.